The molecule has 0 saturated heterocycles. The van der Waals surface area contributed by atoms with E-state index in [1.54, 1.807) is 14.0 Å². The molecule has 0 aliphatic heterocycles. The van der Waals surface area contributed by atoms with Crippen LogP contribution in [0, 0.1) is 23.7 Å². The summed E-state index contributed by atoms with van der Waals surface area (Å²) >= 11 is 0. The van der Waals surface area contributed by atoms with Crippen LogP contribution in [-0.2, 0) is 19.2 Å². The molecular formula is C32H60N2O4. The lowest BCUT2D eigenvalue weighted by Crippen LogP contribution is -2.48. The monoisotopic (exact) mass is 536 g/mol. The number of ketones is 2. The predicted octanol–water partition coefficient (Wildman–Crippen LogP) is 7.18. The SMILES string of the molecule is CCCCCCCCCCCCCCCC(=O)C[C@H](C(=O)N[C@H](C(=O)C[C@@H](C)C(=O)NC)C(C)C)C(C)C. The topological polar surface area (TPSA) is 92.3 Å². The maximum atomic E-state index is 13.1. The van der Waals surface area contributed by atoms with E-state index in [4.69, 9.17) is 0 Å². The third kappa shape index (κ3) is 17.0. The van der Waals surface area contributed by atoms with Crippen LogP contribution in [-0.4, -0.2) is 36.5 Å². The first-order valence-electron chi connectivity index (χ1n) is 15.6. The molecule has 0 aromatic rings. The van der Waals surface area contributed by atoms with E-state index in [-0.39, 0.29) is 48.1 Å². The third-order valence-corrected chi connectivity index (χ3v) is 7.66. The van der Waals surface area contributed by atoms with Gasteiger partial charge in [-0.15, -0.1) is 0 Å². The first kappa shape index (κ1) is 36.3. The average Bonchev–Trinajstić information content (AvgIpc) is 2.87. The van der Waals surface area contributed by atoms with Crippen LogP contribution in [0.1, 0.15) is 144 Å². The Kier molecular flexibility index (Phi) is 21.1. The van der Waals surface area contributed by atoms with Gasteiger partial charge in [0.15, 0.2) is 5.78 Å². The summed E-state index contributed by atoms with van der Waals surface area (Å²) < 4.78 is 0. The summed E-state index contributed by atoms with van der Waals surface area (Å²) in [4.78, 5) is 50.5. The number of amides is 2. The van der Waals surface area contributed by atoms with Crippen molar-refractivity contribution >= 4 is 23.4 Å². The summed E-state index contributed by atoms with van der Waals surface area (Å²) in [7, 11) is 1.55. The van der Waals surface area contributed by atoms with Crippen molar-refractivity contribution in [1.82, 2.24) is 10.6 Å². The largest absolute Gasteiger partial charge is 0.359 e. The van der Waals surface area contributed by atoms with Crippen molar-refractivity contribution in [2.75, 3.05) is 7.05 Å². The van der Waals surface area contributed by atoms with Crippen molar-refractivity contribution in [2.24, 2.45) is 23.7 Å². The Bertz CT molecular complexity index is 674. The normalized spacial score (nSPS) is 13.8. The number of Topliss-reactive ketones (excluding diaryl/α,β-unsaturated/α-hetero) is 2. The number of hydrogen-bond acceptors (Lipinski definition) is 4. The fourth-order valence-corrected chi connectivity index (χ4v) is 4.97. The predicted molar refractivity (Wildman–Crippen MR) is 158 cm³/mol. The number of carbonyl (C=O) groups is 4. The van der Waals surface area contributed by atoms with Gasteiger partial charge in [0, 0.05) is 38.1 Å². The number of nitrogens with one attached hydrogen (secondary N) is 2. The van der Waals surface area contributed by atoms with E-state index in [9.17, 15) is 19.2 Å². The molecule has 0 heterocycles. The van der Waals surface area contributed by atoms with Crippen LogP contribution in [0.5, 0.6) is 0 Å². The number of hydrogen-bond donors (Lipinski definition) is 2. The van der Waals surface area contributed by atoms with Crippen molar-refractivity contribution in [2.45, 2.75) is 150 Å². The van der Waals surface area contributed by atoms with Crippen LogP contribution in [0.2, 0.25) is 0 Å². The third-order valence-electron chi connectivity index (χ3n) is 7.66. The fraction of sp³-hybridized carbons (Fsp3) is 0.875. The molecule has 0 aliphatic rings. The molecule has 0 bridgehead atoms. The zero-order chi connectivity index (χ0) is 28.9. The van der Waals surface area contributed by atoms with Crippen LogP contribution < -0.4 is 10.6 Å². The Labute approximate surface area is 234 Å². The van der Waals surface area contributed by atoms with Crippen LogP contribution in [0.25, 0.3) is 0 Å². The van der Waals surface area contributed by atoms with E-state index in [1.807, 2.05) is 27.7 Å². The van der Waals surface area contributed by atoms with E-state index in [2.05, 4.69) is 17.6 Å². The molecule has 38 heavy (non-hydrogen) atoms. The Morgan fingerprint density at radius 1 is 0.605 bits per heavy atom. The number of rotatable bonds is 24. The van der Waals surface area contributed by atoms with Gasteiger partial charge in [0.05, 0.1) is 6.04 Å². The van der Waals surface area contributed by atoms with Gasteiger partial charge in [-0.3, -0.25) is 19.2 Å². The molecular weight excluding hydrogens is 476 g/mol. The molecule has 6 heteroatoms. The quantitative estimate of drug-likeness (QED) is 0.128. The molecule has 0 radical (unpaired) electrons. The van der Waals surface area contributed by atoms with Gasteiger partial charge in [0.2, 0.25) is 11.8 Å². The van der Waals surface area contributed by atoms with Crippen LogP contribution in [0.3, 0.4) is 0 Å². The summed E-state index contributed by atoms with van der Waals surface area (Å²) in [5, 5.41) is 5.47. The summed E-state index contributed by atoms with van der Waals surface area (Å²) in [6.45, 7) is 11.6. The zero-order valence-corrected chi connectivity index (χ0v) is 25.8. The van der Waals surface area contributed by atoms with Crippen molar-refractivity contribution in [3.63, 3.8) is 0 Å². The molecule has 3 atom stereocenters. The molecule has 0 aromatic heterocycles. The summed E-state index contributed by atoms with van der Waals surface area (Å²) in [6.07, 6.45) is 17.3. The minimum absolute atomic E-state index is 0.00157. The molecule has 0 aliphatic carbocycles. The van der Waals surface area contributed by atoms with Crippen molar-refractivity contribution in [3.8, 4) is 0 Å². The first-order chi connectivity index (χ1) is 18.0. The van der Waals surface area contributed by atoms with E-state index in [0.717, 1.165) is 12.8 Å². The maximum absolute atomic E-state index is 13.1. The van der Waals surface area contributed by atoms with E-state index < -0.39 is 17.9 Å². The lowest BCUT2D eigenvalue weighted by Gasteiger charge is -2.26. The standard InChI is InChI=1S/C32H60N2O4/c1-8-9-10-11-12-13-14-15-16-17-18-19-20-21-27(35)23-28(24(2)3)32(38)34-30(25(4)5)29(36)22-26(6)31(37)33-7/h24-26,28,30H,8-23H2,1-7H3,(H,33,37)(H,34,38)/t26-,28+,30+/m1/s1. The lowest BCUT2D eigenvalue weighted by atomic mass is 9.87. The van der Waals surface area contributed by atoms with Crippen LogP contribution in [0.4, 0.5) is 0 Å². The van der Waals surface area contributed by atoms with Gasteiger partial charge in [-0.05, 0) is 18.3 Å². The molecule has 0 saturated carbocycles. The zero-order valence-electron chi connectivity index (χ0n) is 25.8. The highest BCUT2D eigenvalue weighted by molar-refractivity contribution is 5.94. The van der Waals surface area contributed by atoms with Gasteiger partial charge in [-0.25, -0.2) is 0 Å². The average molecular weight is 537 g/mol. The fourth-order valence-electron chi connectivity index (χ4n) is 4.97. The maximum Gasteiger partial charge on any atom is 0.224 e. The minimum atomic E-state index is -0.660. The highest BCUT2D eigenvalue weighted by Crippen LogP contribution is 2.20. The summed E-state index contributed by atoms with van der Waals surface area (Å²) in [5.41, 5.74) is 0. The molecule has 2 amide bonds. The Morgan fingerprint density at radius 3 is 1.50 bits per heavy atom. The Hall–Kier alpha value is -1.72. The lowest BCUT2D eigenvalue weighted by molar-refractivity contribution is -0.135. The highest BCUT2D eigenvalue weighted by Gasteiger charge is 2.31. The van der Waals surface area contributed by atoms with Crippen LogP contribution in [0.15, 0.2) is 0 Å². The molecule has 6 nitrogen and oxygen atoms in total. The van der Waals surface area contributed by atoms with E-state index >= 15 is 0 Å². The van der Waals surface area contributed by atoms with Gasteiger partial charge in [-0.2, -0.15) is 0 Å². The van der Waals surface area contributed by atoms with Gasteiger partial charge in [0.25, 0.3) is 0 Å². The second-order valence-electron chi connectivity index (χ2n) is 12.0. The molecule has 2 N–H and O–H groups in total. The molecule has 0 unspecified atom stereocenters. The van der Waals surface area contributed by atoms with Crippen molar-refractivity contribution in [1.29, 1.82) is 0 Å². The van der Waals surface area contributed by atoms with Gasteiger partial charge in [-0.1, -0.05) is 119 Å². The molecule has 0 spiro atoms. The second kappa shape index (κ2) is 22.1. The van der Waals surface area contributed by atoms with Gasteiger partial charge in [0.1, 0.15) is 5.78 Å². The number of unbranched alkanes of at least 4 members (excludes halogenated alkanes) is 12. The minimum Gasteiger partial charge on any atom is -0.359 e. The second-order valence-corrected chi connectivity index (χ2v) is 12.0. The van der Waals surface area contributed by atoms with Crippen molar-refractivity contribution < 1.29 is 19.2 Å². The molecule has 0 fully saturated rings. The van der Waals surface area contributed by atoms with Gasteiger partial charge >= 0.3 is 0 Å². The number of carbonyl (C=O) groups excluding carboxylic acids is 4. The first-order valence-corrected chi connectivity index (χ1v) is 15.6. The highest BCUT2D eigenvalue weighted by atomic mass is 16.2. The smallest absolute Gasteiger partial charge is 0.224 e. The summed E-state index contributed by atoms with van der Waals surface area (Å²) in [6, 6.07) is -0.660. The Morgan fingerprint density at radius 2 is 1.08 bits per heavy atom. The van der Waals surface area contributed by atoms with E-state index in [0.29, 0.717) is 6.42 Å². The van der Waals surface area contributed by atoms with E-state index in [1.165, 1.54) is 70.6 Å². The Balaban J connectivity index is 4.37. The molecule has 0 rings (SSSR count). The van der Waals surface area contributed by atoms with Crippen LogP contribution >= 0.6 is 0 Å². The molecule has 0 aromatic carbocycles. The van der Waals surface area contributed by atoms with Gasteiger partial charge < -0.3 is 10.6 Å². The van der Waals surface area contributed by atoms with Crippen molar-refractivity contribution in [3.05, 3.63) is 0 Å². The molecule has 222 valence electrons. The summed E-state index contributed by atoms with van der Waals surface area (Å²) in [5.74, 6) is -1.45.